The highest BCUT2D eigenvalue weighted by atomic mass is 32.1. The maximum Gasteiger partial charge on any atom is 0.194 e. The van der Waals surface area contributed by atoms with Gasteiger partial charge in [0.05, 0.1) is 12.2 Å². The molecule has 118 valence electrons. The van der Waals surface area contributed by atoms with Gasteiger partial charge >= 0.3 is 0 Å². The number of aromatic nitrogens is 1. The van der Waals surface area contributed by atoms with Crippen molar-refractivity contribution in [3.8, 4) is 0 Å². The Labute approximate surface area is 132 Å². The molecule has 1 aromatic rings. The summed E-state index contributed by atoms with van der Waals surface area (Å²) < 4.78 is 0. The predicted octanol–water partition coefficient (Wildman–Crippen LogP) is 3.35. The lowest BCUT2D eigenvalue weighted by molar-refractivity contribution is -0.0667. The molecule has 0 bridgehead atoms. The van der Waals surface area contributed by atoms with Crippen LogP contribution < -0.4 is 5.32 Å². The number of aliphatic imine (C=N–C) groups is 1. The minimum Gasteiger partial charge on any atom is -0.356 e. The summed E-state index contributed by atoms with van der Waals surface area (Å²) >= 11 is 1.75. The molecule has 1 saturated heterocycles. The molecule has 0 radical (unpaired) electrons. The van der Waals surface area contributed by atoms with Gasteiger partial charge in [0.25, 0.3) is 0 Å². The van der Waals surface area contributed by atoms with E-state index in [1.165, 1.54) is 4.88 Å². The second kappa shape index (κ2) is 5.59. The van der Waals surface area contributed by atoms with Gasteiger partial charge in [0.2, 0.25) is 0 Å². The fourth-order valence-corrected chi connectivity index (χ4v) is 3.40. The quantitative estimate of drug-likeness (QED) is 0.688. The van der Waals surface area contributed by atoms with Crippen LogP contribution in [-0.4, -0.2) is 34.5 Å². The van der Waals surface area contributed by atoms with E-state index in [-0.39, 0.29) is 5.54 Å². The topological polar surface area (TPSA) is 40.5 Å². The Morgan fingerprint density at radius 2 is 2.00 bits per heavy atom. The van der Waals surface area contributed by atoms with E-state index in [0.717, 1.165) is 29.8 Å². The third kappa shape index (κ3) is 2.93. The maximum absolute atomic E-state index is 4.80. The molecule has 0 saturated carbocycles. The van der Waals surface area contributed by atoms with Crippen molar-refractivity contribution < 1.29 is 0 Å². The first kappa shape index (κ1) is 16.3. The van der Waals surface area contributed by atoms with E-state index in [9.17, 15) is 0 Å². The molecule has 0 spiro atoms. The third-order valence-corrected chi connectivity index (χ3v) is 5.97. The van der Waals surface area contributed by atoms with E-state index in [4.69, 9.17) is 4.99 Å². The van der Waals surface area contributed by atoms with Crippen molar-refractivity contribution in [1.29, 1.82) is 0 Å². The van der Waals surface area contributed by atoms with Gasteiger partial charge in [-0.2, -0.15) is 0 Å². The van der Waals surface area contributed by atoms with E-state index in [1.807, 2.05) is 0 Å². The lowest BCUT2D eigenvalue weighted by Gasteiger charge is -2.62. The molecule has 0 unspecified atom stereocenters. The minimum atomic E-state index is 0.128. The van der Waals surface area contributed by atoms with Crippen molar-refractivity contribution in [2.24, 2.45) is 10.4 Å². The summed E-state index contributed by atoms with van der Waals surface area (Å²) in [4.78, 5) is 13.0. The van der Waals surface area contributed by atoms with Gasteiger partial charge in [0, 0.05) is 28.9 Å². The Morgan fingerprint density at radius 1 is 1.33 bits per heavy atom. The number of rotatable bonds is 3. The fourth-order valence-electron chi connectivity index (χ4n) is 2.54. The highest BCUT2D eigenvalue weighted by molar-refractivity contribution is 7.11. The molecule has 1 aromatic heterocycles. The second-order valence-electron chi connectivity index (χ2n) is 6.95. The standard InChI is InChI=1S/C16H28N4S/c1-8-17-14(20-10-15(4,5)16(20,6)7)18-9-13-19-11(2)12(3)21-13/h8-10H2,1-7H3,(H,17,18). The Balaban J connectivity index is 2.14. The number of likely N-dealkylation sites (tertiary alicyclic amines) is 1. The zero-order valence-corrected chi connectivity index (χ0v) is 15.2. The molecule has 2 heterocycles. The summed E-state index contributed by atoms with van der Waals surface area (Å²) in [5, 5.41) is 4.52. The number of hydrogen-bond acceptors (Lipinski definition) is 3. The van der Waals surface area contributed by atoms with Gasteiger partial charge in [-0.15, -0.1) is 11.3 Å². The van der Waals surface area contributed by atoms with Crippen LogP contribution in [0, 0.1) is 19.3 Å². The first-order valence-corrected chi connectivity index (χ1v) is 8.49. The first-order valence-electron chi connectivity index (χ1n) is 7.68. The molecule has 1 aliphatic rings. The van der Waals surface area contributed by atoms with Gasteiger partial charge in [-0.05, 0) is 34.6 Å². The number of aryl methyl sites for hydroxylation is 2. The van der Waals surface area contributed by atoms with E-state index in [2.05, 4.69) is 63.7 Å². The van der Waals surface area contributed by atoms with E-state index < -0.39 is 0 Å². The lowest BCUT2D eigenvalue weighted by atomic mass is 9.65. The molecule has 21 heavy (non-hydrogen) atoms. The molecule has 1 fully saturated rings. The highest BCUT2D eigenvalue weighted by Gasteiger charge is 2.53. The van der Waals surface area contributed by atoms with Crippen LogP contribution in [0.4, 0.5) is 0 Å². The van der Waals surface area contributed by atoms with Gasteiger partial charge in [-0.1, -0.05) is 13.8 Å². The lowest BCUT2D eigenvalue weighted by Crippen LogP contribution is -2.72. The smallest absolute Gasteiger partial charge is 0.194 e. The Hall–Kier alpha value is -1.10. The molecule has 0 aromatic carbocycles. The molecule has 1 aliphatic heterocycles. The van der Waals surface area contributed by atoms with Crippen molar-refractivity contribution >= 4 is 17.3 Å². The van der Waals surface area contributed by atoms with Crippen molar-refractivity contribution in [2.45, 2.75) is 60.5 Å². The van der Waals surface area contributed by atoms with Gasteiger partial charge < -0.3 is 10.2 Å². The van der Waals surface area contributed by atoms with Gasteiger partial charge in [-0.25, -0.2) is 9.98 Å². The number of thiazole rings is 1. The number of guanidine groups is 1. The summed E-state index contributed by atoms with van der Waals surface area (Å²) in [6.45, 7) is 18.1. The van der Waals surface area contributed by atoms with Gasteiger partial charge in [-0.3, -0.25) is 0 Å². The number of nitrogens with zero attached hydrogens (tertiary/aromatic N) is 3. The van der Waals surface area contributed by atoms with Crippen LogP contribution in [0.3, 0.4) is 0 Å². The predicted molar refractivity (Wildman–Crippen MR) is 91.0 cm³/mol. The van der Waals surface area contributed by atoms with E-state index in [0.29, 0.717) is 12.0 Å². The Bertz CT molecular complexity index is 523. The number of nitrogens with one attached hydrogen (secondary N) is 1. The van der Waals surface area contributed by atoms with Crippen LogP contribution in [-0.2, 0) is 6.54 Å². The van der Waals surface area contributed by atoms with Crippen LogP contribution in [0.1, 0.15) is 50.2 Å². The molecular weight excluding hydrogens is 280 g/mol. The van der Waals surface area contributed by atoms with Crippen LogP contribution >= 0.6 is 11.3 Å². The SMILES string of the molecule is CCNC(=NCc1nc(C)c(C)s1)N1CC(C)(C)C1(C)C. The minimum absolute atomic E-state index is 0.128. The summed E-state index contributed by atoms with van der Waals surface area (Å²) in [5.41, 5.74) is 1.57. The zero-order chi connectivity index (χ0) is 15.8. The van der Waals surface area contributed by atoms with E-state index >= 15 is 0 Å². The molecule has 2 rings (SSSR count). The van der Waals surface area contributed by atoms with Gasteiger partial charge in [0.15, 0.2) is 5.96 Å². The molecule has 0 atom stereocenters. The van der Waals surface area contributed by atoms with Crippen molar-refractivity contribution in [2.75, 3.05) is 13.1 Å². The molecule has 5 heteroatoms. The Kier molecular flexibility index (Phi) is 4.34. The molecular formula is C16H28N4S. The molecule has 0 aliphatic carbocycles. The largest absolute Gasteiger partial charge is 0.356 e. The van der Waals surface area contributed by atoms with Crippen LogP contribution in [0.25, 0.3) is 0 Å². The van der Waals surface area contributed by atoms with Crippen molar-refractivity contribution in [1.82, 2.24) is 15.2 Å². The Morgan fingerprint density at radius 3 is 2.43 bits per heavy atom. The third-order valence-electron chi connectivity index (χ3n) is 4.91. The second-order valence-corrected chi connectivity index (χ2v) is 8.24. The van der Waals surface area contributed by atoms with Crippen LogP contribution in [0.5, 0.6) is 0 Å². The van der Waals surface area contributed by atoms with Gasteiger partial charge in [0.1, 0.15) is 5.01 Å². The summed E-state index contributed by atoms with van der Waals surface area (Å²) in [6, 6.07) is 0. The summed E-state index contributed by atoms with van der Waals surface area (Å²) in [7, 11) is 0. The average Bonchev–Trinajstić information content (AvgIpc) is 2.71. The van der Waals surface area contributed by atoms with Crippen LogP contribution in [0.15, 0.2) is 4.99 Å². The van der Waals surface area contributed by atoms with Crippen LogP contribution in [0.2, 0.25) is 0 Å². The molecule has 4 nitrogen and oxygen atoms in total. The fraction of sp³-hybridized carbons (Fsp3) is 0.750. The molecule has 1 N–H and O–H groups in total. The normalized spacial score (nSPS) is 20.3. The van der Waals surface area contributed by atoms with Crippen molar-refractivity contribution in [3.63, 3.8) is 0 Å². The maximum atomic E-state index is 4.80. The van der Waals surface area contributed by atoms with Crippen molar-refractivity contribution in [3.05, 3.63) is 15.6 Å². The monoisotopic (exact) mass is 308 g/mol. The van der Waals surface area contributed by atoms with E-state index in [1.54, 1.807) is 11.3 Å². The highest BCUT2D eigenvalue weighted by Crippen LogP contribution is 2.46. The first-order chi connectivity index (χ1) is 9.69. The summed E-state index contributed by atoms with van der Waals surface area (Å²) in [6.07, 6.45) is 0. The zero-order valence-electron chi connectivity index (χ0n) is 14.4. The average molecular weight is 308 g/mol. The number of hydrogen-bond donors (Lipinski definition) is 1. The summed E-state index contributed by atoms with van der Waals surface area (Å²) in [5.74, 6) is 1.01. The molecule has 0 amide bonds.